The van der Waals surface area contributed by atoms with Crippen molar-refractivity contribution in [3.05, 3.63) is 60.2 Å². The first-order valence-corrected chi connectivity index (χ1v) is 9.28. The molecule has 140 valence electrons. The van der Waals surface area contributed by atoms with Gasteiger partial charge in [0.15, 0.2) is 0 Å². The van der Waals surface area contributed by atoms with Crippen molar-refractivity contribution in [2.45, 2.75) is 32.7 Å². The van der Waals surface area contributed by atoms with Crippen molar-refractivity contribution >= 4 is 5.97 Å². The Morgan fingerprint density at radius 1 is 0.962 bits per heavy atom. The maximum Gasteiger partial charge on any atom is 0.311 e. The number of rotatable bonds is 10. The standard InChI is InChI=1S/C22H29NO3/c1-3-25-16-20(22(24)26-4-2)15-21(23)14-17-10-12-19(13-11-17)18-8-6-5-7-9-18/h5-13,20-21H,3-4,14-16,23H2,1-2H3/t20-,21+/m0/s1. The summed E-state index contributed by atoms with van der Waals surface area (Å²) in [6.07, 6.45) is 1.27. The number of hydrogen-bond donors (Lipinski definition) is 1. The lowest BCUT2D eigenvalue weighted by molar-refractivity contribution is -0.150. The molecule has 0 radical (unpaired) electrons. The number of nitrogens with two attached hydrogens (primary N) is 1. The van der Waals surface area contributed by atoms with Crippen LogP contribution in [0.1, 0.15) is 25.8 Å². The SMILES string of the molecule is CCOC[C@H](C[C@H](N)Cc1ccc(-c2ccccc2)cc1)C(=O)OCC. The summed E-state index contributed by atoms with van der Waals surface area (Å²) in [5.74, 6) is -0.538. The molecule has 2 rings (SSSR count). The molecule has 2 aromatic carbocycles. The predicted molar refractivity (Wildman–Crippen MR) is 105 cm³/mol. The summed E-state index contributed by atoms with van der Waals surface area (Å²) in [7, 11) is 0. The first-order chi connectivity index (χ1) is 12.6. The molecule has 0 saturated heterocycles. The first kappa shape index (κ1) is 20.1. The Bertz CT molecular complexity index is 655. The molecule has 4 nitrogen and oxygen atoms in total. The second kappa shape index (κ2) is 10.7. The molecule has 4 heteroatoms. The van der Waals surface area contributed by atoms with Crippen LogP contribution in [0.15, 0.2) is 54.6 Å². The molecule has 0 fully saturated rings. The van der Waals surface area contributed by atoms with Crippen molar-refractivity contribution in [1.82, 2.24) is 0 Å². The molecule has 0 amide bonds. The normalized spacial score (nSPS) is 13.2. The molecule has 2 aromatic rings. The van der Waals surface area contributed by atoms with E-state index in [2.05, 4.69) is 36.4 Å². The maximum atomic E-state index is 12.1. The summed E-state index contributed by atoms with van der Waals surface area (Å²) < 4.78 is 10.6. The number of hydrogen-bond acceptors (Lipinski definition) is 4. The van der Waals surface area contributed by atoms with Gasteiger partial charge in [-0.1, -0.05) is 54.6 Å². The van der Waals surface area contributed by atoms with Gasteiger partial charge in [0.1, 0.15) is 0 Å². The van der Waals surface area contributed by atoms with Gasteiger partial charge in [0, 0.05) is 12.6 Å². The molecule has 2 N–H and O–H groups in total. The van der Waals surface area contributed by atoms with E-state index in [1.54, 1.807) is 0 Å². The van der Waals surface area contributed by atoms with Crippen LogP contribution in [0.2, 0.25) is 0 Å². The Kier molecular flexibility index (Phi) is 8.32. The van der Waals surface area contributed by atoms with Gasteiger partial charge in [-0.3, -0.25) is 4.79 Å². The fraction of sp³-hybridized carbons (Fsp3) is 0.409. The van der Waals surface area contributed by atoms with E-state index >= 15 is 0 Å². The smallest absolute Gasteiger partial charge is 0.311 e. The van der Waals surface area contributed by atoms with E-state index in [0.29, 0.717) is 26.2 Å². The zero-order chi connectivity index (χ0) is 18.8. The highest BCUT2D eigenvalue weighted by molar-refractivity contribution is 5.72. The molecule has 0 heterocycles. The van der Waals surface area contributed by atoms with Gasteiger partial charge in [0.25, 0.3) is 0 Å². The summed E-state index contributed by atoms with van der Waals surface area (Å²) in [5.41, 5.74) is 9.84. The van der Waals surface area contributed by atoms with Crippen LogP contribution in [0.4, 0.5) is 0 Å². The van der Waals surface area contributed by atoms with E-state index in [4.69, 9.17) is 15.2 Å². The zero-order valence-electron chi connectivity index (χ0n) is 15.7. The second-order valence-electron chi connectivity index (χ2n) is 6.37. The fourth-order valence-corrected chi connectivity index (χ4v) is 2.97. The minimum atomic E-state index is -0.312. The molecular formula is C22H29NO3. The molecule has 0 aliphatic rings. The van der Waals surface area contributed by atoms with Gasteiger partial charge in [0.2, 0.25) is 0 Å². The van der Waals surface area contributed by atoms with Gasteiger partial charge in [-0.25, -0.2) is 0 Å². The van der Waals surface area contributed by atoms with Crippen molar-refractivity contribution in [3.63, 3.8) is 0 Å². The van der Waals surface area contributed by atoms with Gasteiger partial charge in [0.05, 0.1) is 19.1 Å². The first-order valence-electron chi connectivity index (χ1n) is 9.28. The monoisotopic (exact) mass is 355 g/mol. The van der Waals surface area contributed by atoms with E-state index < -0.39 is 0 Å². The summed E-state index contributed by atoms with van der Waals surface area (Å²) in [4.78, 5) is 12.1. The molecule has 2 atom stereocenters. The van der Waals surface area contributed by atoms with Crippen molar-refractivity contribution in [2.75, 3.05) is 19.8 Å². The Morgan fingerprint density at radius 2 is 1.62 bits per heavy atom. The van der Waals surface area contributed by atoms with Gasteiger partial charge in [-0.2, -0.15) is 0 Å². The van der Waals surface area contributed by atoms with Crippen molar-refractivity contribution in [1.29, 1.82) is 0 Å². The average molecular weight is 355 g/mol. The average Bonchev–Trinajstić information content (AvgIpc) is 2.66. The number of carbonyl (C=O) groups excluding carboxylic acids is 1. The lowest BCUT2D eigenvalue weighted by Gasteiger charge is -2.19. The van der Waals surface area contributed by atoms with Gasteiger partial charge < -0.3 is 15.2 Å². The van der Waals surface area contributed by atoms with Gasteiger partial charge in [-0.05, 0) is 43.4 Å². The zero-order valence-corrected chi connectivity index (χ0v) is 15.7. The van der Waals surface area contributed by atoms with E-state index in [-0.39, 0.29) is 17.9 Å². The van der Waals surface area contributed by atoms with Gasteiger partial charge >= 0.3 is 5.97 Å². The molecule has 0 spiro atoms. The van der Waals surface area contributed by atoms with E-state index in [1.807, 2.05) is 32.0 Å². The van der Waals surface area contributed by atoms with E-state index in [0.717, 1.165) is 12.0 Å². The van der Waals surface area contributed by atoms with Crippen LogP contribution >= 0.6 is 0 Å². The van der Waals surface area contributed by atoms with Crippen molar-refractivity contribution in [3.8, 4) is 11.1 Å². The van der Waals surface area contributed by atoms with E-state index in [9.17, 15) is 4.79 Å². The van der Waals surface area contributed by atoms with Crippen molar-refractivity contribution in [2.24, 2.45) is 11.7 Å². The highest BCUT2D eigenvalue weighted by atomic mass is 16.5. The number of esters is 1. The minimum Gasteiger partial charge on any atom is -0.466 e. The van der Waals surface area contributed by atoms with Crippen LogP contribution < -0.4 is 5.73 Å². The Labute approximate surface area is 156 Å². The van der Waals surface area contributed by atoms with Crippen LogP contribution in [0.25, 0.3) is 11.1 Å². The van der Waals surface area contributed by atoms with Crippen LogP contribution in [0.3, 0.4) is 0 Å². The summed E-state index contributed by atoms with van der Waals surface area (Å²) in [5, 5.41) is 0. The highest BCUT2D eigenvalue weighted by Gasteiger charge is 2.23. The van der Waals surface area contributed by atoms with Crippen LogP contribution in [-0.2, 0) is 20.7 Å². The van der Waals surface area contributed by atoms with E-state index in [1.165, 1.54) is 11.1 Å². The maximum absolute atomic E-state index is 12.1. The van der Waals surface area contributed by atoms with Crippen LogP contribution in [0, 0.1) is 5.92 Å². The topological polar surface area (TPSA) is 61.5 Å². The van der Waals surface area contributed by atoms with Crippen molar-refractivity contribution < 1.29 is 14.3 Å². The third kappa shape index (κ3) is 6.28. The summed E-state index contributed by atoms with van der Waals surface area (Å²) in [6, 6.07) is 18.6. The molecule has 0 saturated carbocycles. The minimum absolute atomic E-state index is 0.118. The van der Waals surface area contributed by atoms with Crippen LogP contribution in [0.5, 0.6) is 0 Å². The number of carbonyl (C=O) groups is 1. The quantitative estimate of drug-likeness (QED) is 0.658. The van der Waals surface area contributed by atoms with Gasteiger partial charge in [-0.15, -0.1) is 0 Å². The molecule has 0 aromatic heterocycles. The lowest BCUT2D eigenvalue weighted by atomic mass is 9.95. The third-order valence-corrected chi connectivity index (χ3v) is 4.29. The summed E-state index contributed by atoms with van der Waals surface area (Å²) >= 11 is 0. The molecule has 0 unspecified atom stereocenters. The Hall–Kier alpha value is -2.17. The number of benzene rings is 2. The Morgan fingerprint density at radius 3 is 2.23 bits per heavy atom. The molecular weight excluding hydrogens is 326 g/mol. The largest absolute Gasteiger partial charge is 0.466 e. The lowest BCUT2D eigenvalue weighted by Crippen LogP contribution is -2.32. The molecule has 26 heavy (non-hydrogen) atoms. The second-order valence-corrected chi connectivity index (χ2v) is 6.37. The molecule has 0 aliphatic carbocycles. The Balaban J connectivity index is 1.94. The predicted octanol–water partition coefficient (Wildman–Crippen LogP) is 3.83. The molecule has 0 aliphatic heterocycles. The highest BCUT2D eigenvalue weighted by Crippen LogP contribution is 2.20. The molecule has 0 bridgehead atoms. The number of ether oxygens (including phenoxy) is 2. The summed E-state index contributed by atoms with van der Waals surface area (Å²) in [6.45, 7) is 5.03. The van der Waals surface area contributed by atoms with Crippen LogP contribution in [-0.4, -0.2) is 31.8 Å². The third-order valence-electron chi connectivity index (χ3n) is 4.29. The fourth-order valence-electron chi connectivity index (χ4n) is 2.97.